The van der Waals surface area contributed by atoms with Crippen molar-refractivity contribution in [2.24, 2.45) is 0 Å². The second-order valence-electron chi connectivity index (χ2n) is 7.11. The van der Waals surface area contributed by atoms with Crippen molar-refractivity contribution in [1.29, 1.82) is 0 Å². The molecule has 0 spiro atoms. The standard InChI is InChI=1S/C24H22ClFN2O2/c1-2-30-22-8-4-7-19(23(22)29)21-14-20(15-9-11-17(25)12-10-15)27-24(28-21)16-5-3-6-18(26)13-16/h3-14,21,24,27-29H,2H2,1H3/p+1. The predicted octanol–water partition coefficient (Wildman–Crippen LogP) is 4.53. The first-order valence-electron chi connectivity index (χ1n) is 9.84. The summed E-state index contributed by atoms with van der Waals surface area (Å²) in [6.45, 7) is 2.34. The van der Waals surface area contributed by atoms with Crippen molar-refractivity contribution >= 4 is 17.3 Å². The molecule has 3 aromatic carbocycles. The largest absolute Gasteiger partial charge is 0.504 e. The number of aromatic hydroxyl groups is 1. The Morgan fingerprint density at radius 2 is 1.87 bits per heavy atom. The zero-order chi connectivity index (χ0) is 21.1. The van der Waals surface area contributed by atoms with E-state index >= 15 is 0 Å². The van der Waals surface area contributed by atoms with Crippen molar-refractivity contribution < 1.29 is 19.6 Å². The van der Waals surface area contributed by atoms with Crippen LogP contribution in [0.2, 0.25) is 5.02 Å². The summed E-state index contributed by atoms with van der Waals surface area (Å²) in [5, 5.41) is 17.0. The first kappa shape index (κ1) is 20.3. The maximum absolute atomic E-state index is 13.9. The molecule has 1 aliphatic heterocycles. The zero-order valence-electron chi connectivity index (χ0n) is 16.5. The monoisotopic (exact) mass is 425 g/mol. The van der Waals surface area contributed by atoms with Crippen LogP contribution in [-0.2, 0) is 0 Å². The van der Waals surface area contributed by atoms with Crippen LogP contribution in [0.4, 0.5) is 4.39 Å². The molecule has 0 radical (unpaired) electrons. The van der Waals surface area contributed by atoms with E-state index in [-0.39, 0.29) is 23.8 Å². The number of halogens is 2. The zero-order valence-corrected chi connectivity index (χ0v) is 17.2. The summed E-state index contributed by atoms with van der Waals surface area (Å²) in [6, 6.07) is 19.3. The van der Waals surface area contributed by atoms with E-state index in [0.29, 0.717) is 17.4 Å². The van der Waals surface area contributed by atoms with Crippen molar-refractivity contribution in [2.45, 2.75) is 19.1 Å². The van der Waals surface area contributed by atoms with Gasteiger partial charge >= 0.3 is 0 Å². The molecule has 154 valence electrons. The molecule has 0 saturated carbocycles. The normalized spacial score (nSPS) is 18.4. The number of rotatable bonds is 5. The number of phenolic OH excluding ortho intramolecular Hbond substituents is 1. The van der Waals surface area contributed by atoms with E-state index < -0.39 is 0 Å². The Kier molecular flexibility index (Phi) is 5.93. The highest BCUT2D eigenvalue weighted by Gasteiger charge is 2.30. The molecule has 0 aromatic heterocycles. The lowest BCUT2D eigenvalue weighted by Crippen LogP contribution is -2.89. The molecule has 4 N–H and O–H groups in total. The molecule has 2 atom stereocenters. The van der Waals surface area contributed by atoms with Gasteiger partial charge in [0.15, 0.2) is 17.7 Å². The Bertz CT molecular complexity index is 1070. The number of quaternary nitrogens is 1. The lowest BCUT2D eigenvalue weighted by Gasteiger charge is -2.30. The van der Waals surface area contributed by atoms with Crippen LogP contribution in [0.1, 0.15) is 35.8 Å². The van der Waals surface area contributed by atoms with Crippen molar-refractivity contribution in [3.8, 4) is 11.5 Å². The highest BCUT2D eigenvalue weighted by Crippen LogP contribution is 2.35. The fourth-order valence-electron chi connectivity index (χ4n) is 3.68. The molecule has 1 aliphatic rings. The van der Waals surface area contributed by atoms with Crippen LogP contribution in [0.5, 0.6) is 11.5 Å². The average molecular weight is 426 g/mol. The van der Waals surface area contributed by atoms with Crippen molar-refractivity contribution in [1.82, 2.24) is 5.32 Å². The first-order valence-corrected chi connectivity index (χ1v) is 10.2. The predicted molar refractivity (Wildman–Crippen MR) is 116 cm³/mol. The van der Waals surface area contributed by atoms with E-state index in [9.17, 15) is 9.50 Å². The minimum atomic E-state index is -0.289. The molecule has 3 aromatic rings. The number of benzene rings is 3. The summed E-state index contributed by atoms with van der Waals surface area (Å²) in [6.07, 6.45) is 1.81. The van der Waals surface area contributed by atoms with E-state index in [2.05, 4.69) is 10.6 Å². The van der Waals surface area contributed by atoms with Crippen LogP contribution in [0.25, 0.3) is 5.70 Å². The topological polar surface area (TPSA) is 58.1 Å². The van der Waals surface area contributed by atoms with Crippen LogP contribution < -0.4 is 15.4 Å². The molecule has 0 amide bonds. The van der Waals surface area contributed by atoms with Gasteiger partial charge in [0.2, 0.25) is 0 Å². The number of nitrogens with two attached hydrogens (primary N) is 1. The summed E-state index contributed by atoms with van der Waals surface area (Å²) in [4.78, 5) is 0. The number of phenols is 1. The van der Waals surface area contributed by atoms with Gasteiger partial charge in [-0.2, -0.15) is 0 Å². The molecule has 4 rings (SSSR count). The lowest BCUT2D eigenvalue weighted by atomic mass is 9.97. The maximum Gasteiger partial charge on any atom is 0.186 e. The van der Waals surface area contributed by atoms with Gasteiger partial charge in [-0.15, -0.1) is 0 Å². The van der Waals surface area contributed by atoms with E-state index in [0.717, 1.165) is 22.4 Å². The summed E-state index contributed by atoms with van der Waals surface area (Å²) >= 11 is 6.05. The molecule has 30 heavy (non-hydrogen) atoms. The van der Waals surface area contributed by atoms with Gasteiger partial charge in [0.25, 0.3) is 0 Å². The third-order valence-corrected chi connectivity index (χ3v) is 5.36. The van der Waals surface area contributed by atoms with Crippen LogP contribution in [0.15, 0.2) is 72.8 Å². The van der Waals surface area contributed by atoms with Crippen LogP contribution in [0, 0.1) is 5.82 Å². The third-order valence-electron chi connectivity index (χ3n) is 5.11. The molecule has 0 fully saturated rings. The van der Waals surface area contributed by atoms with Gasteiger partial charge in [0, 0.05) is 22.4 Å². The Labute approximate surface area is 180 Å². The van der Waals surface area contributed by atoms with E-state index in [1.165, 1.54) is 12.1 Å². The molecular weight excluding hydrogens is 403 g/mol. The highest BCUT2D eigenvalue weighted by molar-refractivity contribution is 6.30. The highest BCUT2D eigenvalue weighted by atomic mass is 35.5. The molecule has 0 aliphatic carbocycles. The number of para-hydroxylation sites is 1. The van der Waals surface area contributed by atoms with Crippen molar-refractivity contribution in [3.63, 3.8) is 0 Å². The number of ether oxygens (including phenoxy) is 1. The first-order chi connectivity index (χ1) is 14.5. The van der Waals surface area contributed by atoms with Crippen LogP contribution >= 0.6 is 11.6 Å². The second-order valence-corrected chi connectivity index (χ2v) is 7.55. The van der Waals surface area contributed by atoms with Gasteiger partial charge in [0.1, 0.15) is 11.9 Å². The molecule has 6 heteroatoms. The van der Waals surface area contributed by atoms with Gasteiger partial charge in [-0.05, 0) is 48.9 Å². The Balaban J connectivity index is 1.77. The van der Waals surface area contributed by atoms with E-state index in [1.54, 1.807) is 12.1 Å². The Morgan fingerprint density at radius 3 is 2.60 bits per heavy atom. The van der Waals surface area contributed by atoms with Gasteiger partial charge in [-0.1, -0.05) is 41.9 Å². The van der Waals surface area contributed by atoms with E-state index in [4.69, 9.17) is 16.3 Å². The second kappa shape index (κ2) is 8.78. The van der Waals surface area contributed by atoms with Crippen molar-refractivity contribution in [2.75, 3.05) is 6.61 Å². The maximum atomic E-state index is 13.9. The van der Waals surface area contributed by atoms with Crippen LogP contribution in [0.3, 0.4) is 0 Å². The summed E-state index contributed by atoms with van der Waals surface area (Å²) in [5.41, 5.74) is 3.38. The minimum Gasteiger partial charge on any atom is -0.504 e. The summed E-state index contributed by atoms with van der Waals surface area (Å²) in [5.74, 6) is 0.279. The molecule has 0 saturated heterocycles. The molecule has 4 nitrogen and oxygen atoms in total. The molecule has 0 bridgehead atoms. The van der Waals surface area contributed by atoms with Crippen molar-refractivity contribution in [3.05, 3.63) is 100 Å². The summed E-state index contributed by atoms with van der Waals surface area (Å²) < 4.78 is 19.4. The molecular formula is C24H23ClFN2O2+. The number of nitrogens with one attached hydrogen (secondary N) is 1. The Hall–Kier alpha value is -3.02. The van der Waals surface area contributed by atoms with Gasteiger partial charge < -0.3 is 20.5 Å². The van der Waals surface area contributed by atoms with Gasteiger partial charge in [0.05, 0.1) is 12.2 Å². The van der Waals surface area contributed by atoms with Gasteiger partial charge in [-0.3, -0.25) is 0 Å². The minimum absolute atomic E-state index is 0.118. The fraction of sp³-hybridized carbons (Fsp3) is 0.167. The lowest BCUT2D eigenvalue weighted by molar-refractivity contribution is -0.731. The molecule has 2 unspecified atom stereocenters. The quantitative estimate of drug-likeness (QED) is 0.563. The van der Waals surface area contributed by atoms with Gasteiger partial charge in [-0.25, -0.2) is 4.39 Å². The molecule has 1 heterocycles. The Morgan fingerprint density at radius 1 is 1.10 bits per heavy atom. The average Bonchev–Trinajstić information content (AvgIpc) is 2.75. The summed E-state index contributed by atoms with van der Waals surface area (Å²) in [7, 11) is 0. The SMILES string of the molecule is CCOc1cccc(C2C=C(c3ccc(Cl)cc3)NC(c3cccc(F)c3)[NH2+]2)c1O. The number of hydrogen-bond acceptors (Lipinski definition) is 3. The van der Waals surface area contributed by atoms with E-state index in [1.807, 2.05) is 55.5 Å². The smallest absolute Gasteiger partial charge is 0.186 e. The third kappa shape index (κ3) is 4.27. The van der Waals surface area contributed by atoms with Crippen LogP contribution in [-0.4, -0.2) is 11.7 Å². The fourth-order valence-corrected chi connectivity index (χ4v) is 3.81. The number of hydrogen-bond donors (Lipinski definition) is 3.